The first kappa shape index (κ1) is 29.4. The number of methoxy groups -OCH3 is 1. The number of imidazole rings is 1. The number of carbonyl (C=O) groups is 2. The van der Waals surface area contributed by atoms with E-state index in [9.17, 15) is 14.7 Å². The molecule has 10 heteroatoms. The van der Waals surface area contributed by atoms with Crippen molar-refractivity contribution in [1.82, 2.24) is 14.4 Å². The van der Waals surface area contributed by atoms with Crippen LogP contribution in [0.4, 0.5) is 5.13 Å². The molecular weight excluding hydrogens is 576 g/mol. The molecule has 1 unspecified atom stereocenters. The van der Waals surface area contributed by atoms with Gasteiger partial charge in [0.05, 0.1) is 41.2 Å². The van der Waals surface area contributed by atoms with Crippen LogP contribution in [0.2, 0.25) is 0 Å². The van der Waals surface area contributed by atoms with Gasteiger partial charge in [-0.1, -0.05) is 49.3 Å². The number of nitrogens with zero attached hydrogens (tertiary/aromatic N) is 4. The van der Waals surface area contributed by atoms with Crippen molar-refractivity contribution in [3.05, 3.63) is 88.4 Å². The minimum Gasteiger partial charge on any atom is -0.505 e. The number of ketones is 1. The molecule has 4 heterocycles. The van der Waals surface area contributed by atoms with E-state index in [4.69, 9.17) is 14.5 Å². The second kappa shape index (κ2) is 11.8. The van der Waals surface area contributed by atoms with Crippen LogP contribution in [0.15, 0.2) is 60.3 Å². The van der Waals surface area contributed by atoms with Crippen molar-refractivity contribution in [3.63, 3.8) is 0 Å². The van der Waals surface area contributed by atoms with E-state index in [-0.39, 0.29) is 11.3 Å². The second-order valence-corrected chi connectivity index (χ2v) is 12.0. The number of anilines is 1. The smallest absolute Gasteiger partial charge is 0.301 e. The minimum atomic E-state index is -0.978. The zero-order valence-corrected chi connectivity index (χ0v) is 26.2. The Labute approximate surface area is 259 Å². The fourth-order valence-corrected chi connectivity index (χ4v) is 7.01. The second-order valence-electron chi connectivity index (χ2n) is 11.0. The lowest BCUT2D eigenvalue weighted by molar-refractivity contribution is -0.132. The maximum atomic E-state index is 13.9. The highest BCUT2D eigenvalue weighted by Crippen LogP contribution is 2.46. The van der Waals surface area contributed by atoms with Crippen LogP contribution < -0.4 is 14.4 Å². The monoisotopic (exact) mass is 610 g/mol. The first-order chi connectivity index (χ1) is 21.2. The lowest BCUT2D eigenvalue weighted by Crippen LogP contribution is -2.29. The van der Waals surface area contributed by atoms with Crippen LogP contribution in [-0.4, -0.2) is 44.9 Å². The van der Waals surface area contributed by atoms with E-state index in [1.54, 1.807) is 42.8 Å². The van der Waals surface area contributed by atoms with Gasteiger partial charge < -0.3 is 14.6 Å². The van der Waals surface area contributed by atoms with Gasteiger partial charge in [0.15, 0.2) is 22.4 Å². The van der Waals surface area contributed by atoms with Crippen molar-refractivity contribution >= 4 is 49.8 Å². The molecule has 226 valence electrons. The number of pyridine rings is 1. The molecule has 0 saturated carbocycles. The van der Waals surface area contributed by atoms with Crippen molar-refractivity contribution in [2.45, 2.75) is 53.0 Å². The van der Waals surface area contributed by atoms with E-state index in [1.165, 1.54) is 16.2 Å². The van der Waals surface area contributed by atoms with Crippen LogP contribution >= 0.6 is 11.3 Å². The van der Waals surface area contributed by atoms with Gasteiger partial charge in [0.25, 0.3) is 5.78 Å². The van der Waals surface area contributed by atoms with Gasteiger partial charge in [-0.3, -0.25) is 18.9 Å². The highest BCUT2D eigenvalue weighted by molar-refractivity contribution is 7.22. The maximum Gasteiger partial charge on any atom is 0.301 e. The number of hydrogen-bond acceptors (Lipinski definition) is 8. The summed E-state index contributed by atoms with van der Waals surface area (Å²) in [7, 11) is 1.55. The molecule has 0 bridgehead atoms. The zero-order valence-electron chi connectivity index (χ0n) is 25.4. The summed E-state index contributed by atoms with van der Waals surface area (Å²) in [5.74, 6) is -0.850. The fraction of sp³-hybridized carbons (Fsp3) is 0.294. The number of hydrogen-bond donors (Lipinski definition) is 1. The number of benzene rings is 2. The summed E-state index contributed by atoms with van der Waals surface area (Å²) < 4.78 is 14.3. The summed E-state index contributed by atoms with van der Waals surface area (Å²) in [4.78, 5) is 38.6. The van der Waals surface area contributed by atoms with Crippen LogP contribution in [0.3, 0.4) is 0 Å². The molecule has 0 aliphatic carbocycles. The Kier molecular flexibility index (Phi) is 7.85. The quantitative estimate of drug-likeness (QED) is 0.0823. The van der Waals surface area contributed by atoms with Crippen LogP contribution in [0, 0.1) is 20.8 Å². The number of thiazole rings is 1. The highest BCUT2D eigenvalue weighted by Gasteiger charge is 2.49. The Morgan fingerprint density at radius 1 is 1.02 bits per heavy atom. The Hall–Kier alpha value is -4.70. The van der Waals surface area contributed by atoms with Crippen molar-refractivity contribution in [1.29, 1.82) is 0 Å². The van der Waals surface area contributed by atoms with E-state index in [0.29, 0.717) is 45.8 Å². The number of ether oxygens (including phenoxy) is 2. The number of aliphatic hydroxyl groups is 1. The molecule has 1 saturated heterocycles. The number of aryl methyl sites for hydroxylation is 3. The lowest BCUT2D eigenvalue weighted by Gasteiger charge is -2.24. The molecule has 1 N–H and O–H groups in total. The maximum absolute atomic E-state index is 13.9. The molecule has 9 nitrogen and oxygen atoms in total. The van der Waals surface area contributed by atoms with Crippen molar-refractivity contribution in [2.75, 3.05) is 18.6 Å². The standard InChI is InChI=1S/C34H34N4O5S/c1-6-7-10-15-43-23-13-12-22(18-24(23)42-5)30-27(31(39)29-21(4)35-26-11-8-9-14-37(26)29)32(40)33(41)38(30)34-36-28-20(3)16-19(2)17-25(28)44-34/h8-9,11-14,16-18,30,39H,6-7,10,15H2,1-5H3/b31-27+. The first-order valence-corrected chi connectivity index (χ1v) is 15.5. The van der Waals surface area contributed by atoms with E-state index in [2.05, 4.69) is 11.9 Å². The molecule has 3 aromatic heterocycles. The molecule has 0 radical (unpaired) electrons. The zero-order chi connectivity index (χ0) is 31.1. The lowest BCUT2D eigenvalue weighted by atomic mass is 9.96. The van der Waals surface area contributed by atoms with Gasteiger partial charge in [0, 0.05) is 6.20 Å². The predicted octanol–water partition coefficient (Wildman–Crippen LogP) is 7.07. The van der Waals surface area contributed by atoms with E-state index >= 15 is 0 Å². The van der Waals surface area contributed by atoms with Crippen LogP contribution in [0.5, 0.6) is 11.5 Å². The third-order valence-corrected chi connectivity index (χ3v) is 8.91. The SMILES string of the molecule is CCCCCOc1ccc(C2/C(=C(\O)c3c(C)nc4ccccn34)C(=O)C(=O)N2c2nc3c(C)cc(C)cc3s2)cc1OC. The average Bonchev–Trinajstić information content (AvgIpc) is 3.66. The minimum absolute atomic E-state index is 0.0467. The summed E-state index contributed by atoms with van der Waals surface area (Å²) >= 11 is 1.34. The summed E-state index contributed by atoms with van der Waals surface area (Å²) in [6.07, 6.45) is 4.81. The van der Waals surface area contributed by atoms with Gasteiger partial charge in [-0.05, 0) is 74.2 Å². The predicted molar refractivity (Wildman–Crippen MR) is 172 cm³/mol. The molecule has 1 amide bonds. The number of carbonyl (C=O) groups excluding carboxylic acids is 2. The summed E-state index contributed by atoms with van der Waals surface area (Å²) in [5.41, 5.74) is 4.83. The summed E-state index contributed by atoms with van der Waals surface area (Å²) in [6, 6.07) is 13.9. The van der Waals surface area contributed by atoms with E-state index in [1.807, 2.05) is 44.2 Å². The third-order valence-electron chi connectivity index (χ3n) is 7.91. The van der Waals surface area contributed by atoms with Crippen LogP contribution in [0.25, 0.3) is 21.6 Å². The van der Waals surface area contributed by atoms with Gasteiger partial charge in [-0.25, -0.2) is 9.97 Å². The van der Waals surface area contributed by atoms with Gasteiger partial charge in [0.1, 0.15) is 11.3 Å². The van der Waals surface area contributed by atoms with E-state index < -0.39 is 17.7 Å². The molecule has 6 rings (SSSR count). The van der Waals surface area contributed by atoms with Gasteiger partial charge >= 0.3 is 5.91 Å². The largest absolute Gasteiger partial charge is 0.505 e. The molecule has 1 atom stereocenters. The summed E-state index contributed by atoms with van der Waals surface area (Å²) in [5, 5.41) is 12.3. The topological polar surface area (TPSA) is 106 Å². The molecule has 44 heavy (non-hydrogen) atoms. The number of Topliss-reactive ketones (excluding diaryl/α,β-unsaturated/α-hetero) is 1. The van der Waals surface area contributed by atoms with Gasteiger partial charge in [-0.2, -0.15) is 0 Å². The molecule has 1 fully saturated rings. The Morgan fingerprint density at radius 2 is 1.84 bits per heavy atom. The third kappa shape index (κ3) is 4.98. The molecule has 2 aromatic carbocycles. The normalized spacial score (nSPS) is 16.4. The number of aliphatic hydroxyl groups excluding tert-OH is 1. The summed E-state index contributed by atoms with van der Waals surface area (Å²) in [6.45, 7) is 8.42. The Bertz CT molecular complexity index is 1960. The van der Waals surface area contributed by atoms with Gasteiger partial charge in [0.2, 0.25) is 0 Å². The van der Waals surface area contributed by atoms with Crippen LogP contribution in [-0.2, 0) is 9.59 Å². The number of rotatable bonds is 9. The van der Waals surface area contributed by atoms with Crippen molar-refractivity contribution < 1.29 is 24.2 Å². The molecule has 1 aliphatic heterocycles. The van der Waals surface area contributed by atoms with Crippen molar-refractivity contribution in [3.8, 4) is 11.5 Å². The average molecular weight is 611 g/mol. The fourth-order valence-electron chi connectivity index (χ4n) is 5.84. The highest BCUT2D eigenvalue weighted by atomic mass is 32.1. The van der Waals surface area contributed by atoms with Gasteiger partial charge in [-0.15, -0.1) is 0 Å². The Balaban J connectivity index is 1.55. The Morgan fingerprint density at radius 3 is 2.61 bits per heavy atom. The molecular formula is C34H34N4O5S. The molecule has 5 aromatic rings. The number of amides is 1. The number of fused-ring (bicyclic) bond motifs is 2. The molecule has 1 aliphatic rings. The number of aromatic nitrogens is 3. The van der Waals surface area contributed by atoms with Crippen LogP contribution in [0.1, 0.15) is 60.3 Å². The number of unbranched alkanes of at least 4 members (excludes halogenated alkanes) is 2. The van der Waals surface area contributed by atoms with E-state index in [0.717, 1.165) is 40.6 Å². The van der Waals surface area contributed by atoms with Crippen molar-refractivity contribution in [2.24, 2.45) is 0 Å². The molecule has 0 spiro atoms. The first-order valence-electron chi connectivity index (χ1n) is 14.7.